The molecule has 0 saturated carbocycles. The van der Waals surface area contributed by atoms with E-state index in [-0.39, 0.29) is 17.3 Å². The molecule has 146 valence electrons. The highest BCUT2D eigenvalue weighted by Gasteiger charge is 2.31. The van der Waals surface area contributed by atoms with E-state index in [0.29, 0.717) is 5.13 Å². The molecule has 1 aromatic carbocycles. The molecule has 0 aliphatic carbocycles. The molecule has 0 bridgehead atoms. The molecule has 2 aromatic heterocycles. The molecule has 28 heavy (non-hydrogen) atoms. The summed E-state index contributed by atoms with van der Waals surface area (Å²) < 4.78 is 38.6. The first kappa shape index (κ1) is 19.5. The number of benzene rings is 1. The van der Waals surface area contributed by atoms with Crippen molar-refractivity contribution in [2.24, 2.45) is 0 Å². The van der Waals surface area contributed by atoms with E-state index in [1.807, 2.05) is 6.92 Å². The smallest absolute Gasteiger partial charge is 0.334 e. The number of nitro groups is 1. The summed E-state index contributed by atoms with van der Waals surface area (Å²) in [5.41, 5.74) is -0.623. The summed E-state index contributed by atoms with van der Waals surface area (Å²) in [6.07, 6.45) is -3.47. The minimum absolute atomic E-state index is 0.00325. The second-order valence-electron chi connectivity index (χ2n) is 5.67. The molecule has 2 N–H and O–H groups in total. The minimum Gasteiger partial charge on any atom is -0.334 e. The number of aromatic nitrogens is 3. The van der Waals surface area contributed by atoms with Gasteiger partial charge in [0, 0.05) is 10.6 Å². The topological polar surface area (TPSA) is 106 Å². The van der Waals surface area contributed by atoms with Gasteiger partial charge in [0.25, 0.3) is 0 Å². The van der Waals surface area contributed by atoms with Gasteiger partial charge >= 0.3 is 11.9 Å². The van der Waals surface area contributed by atoms with Gasteiger partial charge in [-0.15, -0.1) is 11.3 Å². The van der Waals surface area contributed by atoms with Crippen LogP contribution in [0.25, 0.3) is 0 Å². The van der Waals surface area contributed by atoms with E-state index in [9.17, 15) is 23.3 Å². The van der Waals surface area contributed by atoms with Crippen LogP contribution in [0.3, 0.4) is 0 Å². The van der Waals surface area contributed by atoms with Crippen molar-refractivity contribution >= 4 is 39.5 Å². The van der Waals surface area contributed by atoms with Crippen LogP contribution in [-0.4, -0.2) is 19.9 Å². The highest BCUT2D eigenvalue weighted by Crippen LogP contribution is 2.36. The Hall–Kier alpha value is -3.28. The fourth-order valence-corrected chi connectivity index (χ4v) is 3.09. The van der Waals surface area contributed by atoms with Gasteiger partial charge in [-0.05, 0) is 32.0 Å². The first-order chi connectivity index (χ1) is 13.1. The zero-order valence-corrected chi connectivity index (χ0v) is 15.4. The van der Waals surface area contributed by atoms with Crippen LogP contribution in [0.15, 0.2) is 30.6 Å². The van der Waals surface area contributed by atoms with Crippen molar-refractivity contribution in [3.8, 4) is 0 Å². The molecular weight excluding hydrogens is 397 g/mol. The standard InChI is InChI=1S/C16H13F3N6O2S/c1-8-9(2)28-15(22-8)24-14-12(25(26)27)13(20-7-21-14)23-11-5-3-4-10(6-11)16(17,18)19/h3-7H,1-2H3,(H2,20,21,22,23,24). The molecule has 0 saturated heterocycles. The summed E-state index contributed by atoms with van der Waals surface area (Å²) in [5, 5.41) is 17.3. The van der Waals surface area contributed by atoms with E-state index >= 15 is 0 Å². The van der Waals surface area contributed by atoms with Crippen molar-refractivity contribution in [1.82, 2.24) is 15.0 Å². The number of halogens is 3. The Labute approximate surface area is 160 Å². The lowest BCUT2D eigenvalue weighted by atomic mass is 10.2. The highest BCUT2D eigenvalue weighted by atomic mass is 32.1. The van der Waals surface area contributed by atoms with Crippen LogP contribution in [0.2, 0.25) is 0 Å². The molecular formula is C16H13F3N6O2S. The van der Waals surface area contributed by atoms with E-state index in [0.717, 1.165) is 29.0 Å². The molecule has 0 aliphatic heterocycles. The van der Waals surface area contributed by atoms with Crippen LogP contribution in [0.5, 0.6) is 0 Å². The van der Waals surface area contributed by atoms with E-state index in [1.165, 1.54) is 23.5 Å². The van der Waals surface area contributed by atoms with Gasteiger partial charge in [0.1, 0.15) is 6.33 Å². The molecule has 0 radical (unpaired) electrons. The fourth-order valence-electron chi connectivity index (χ4n) is 2.27. The maximum atomic E-state index is 12.9. The summed E-state index contributed by atoms with van der Waals surface area (Å²) in [4.78, 5) is 23.7. The molecule has 0 spiro atoms. The van der Waals surface area contributed by atoms with Gasteiger partial charge in [-0.1, -0.05) is 6.07 Å². The van der Waals surface area contributed by atoms with Crippen molar-refractivity contribution in [3.63, 3.8) is 0 Å². The maximum Gasteiger partial charge on any atom is 0.416 e. The van der Waals surface area contributed by atoms with Crippen LogP contribution < -0.4 is 10.6 Å². The van der Waals surface area contributed by atoms with Crippen LogP contribution in [0, 0.1) is 24.0 Å². The Kier molecular flexibility index (Phi) is 5.14. The number of nitrogens with one attached hydrogen (secondary N) is 2. The van der Waals surface area contributed by atoms with Gasteiger partial charge in [0.15, 0.2) is 5.13 Å². The van der Waals surface area contributed by atoms with Crippen LogP contribution >= 0.6 is 11.3 Å². The number of hydrogen-bond donors (Lipinski definition) is 2. The molecule has 0 fully saturated rings. The lowest BCUT2D eigenvalue weighted by Crippen LogP contribution is -2.07. The highest BCUT2D eigenvalue weighted by molar-refractivity contribution is 7.15. The molecule has 2 heterocycles. The van der Waals surface area contributed by atoms with Gasteiger partial charge < -0.3 is 10.6 Å². The first-order valence-electron chi connectivity index (χ1n) is 7.80. The van der Waals surface area contributed by atoms with Crippen LogP contribution in [0.4, 0.5) is 41.3 Å². The average molecular weight is 410 g/mol. The summed E-state index contributed by atoms with van der Waals surface area (Å²) in [7, 11) is 0. The SMILES string of the molecule is Cc1nc(Nc2ncnc(Nc3cccc(C(F)(F)F)c3)c2[N+](=O)[O-])sc1C. The predicted octanol–water partition coefficient (Wildman–Crippen LogP) is 4.96. The number of rotatable bonds is 5. The van der Waals surface area contributed by atoms with Gasteiger partial charge in [-0.25, -0.2) is 15.0 Å². The van der Waals surface area contributed by atoms with Gasteiger partial charge in [-0.2, -0.15) is 13.2 Å². The summed E-state index contributed by atoms with van der Waals surface area (Å²) in [6.45, 7) is 3.65. The lowest BCUT2D eigenvalue weighted by Gasteiger charge is -2.11. The summed E-state index contributed by atoms with van der Waals surface area (Å²) in [6, 6.07) is 4.28. The molecule has 0 unspecified atom stereocenters. The lowest BCUT2D eigenvalue weighted by molar-refractivity contribution is -0.383. The molecule has 3 aromatic rings. The Morgan fingerprint density at radius 3 is 2.39 bits per heavy atom. The monoisotopic (exact) mass is 410 g/mol. The van der Waals surface area contributed by atoms with Gasteiger partial charge in [0.2, 0.25) is 11.6 Å². The number of hydrogen-bond acceptors (Lipinski definition) is 8. The predicted molar refractivity (Wildman–Crippen MR) is 98.3 cm³/mol. The van der Waals surface area contributed by atoms with Crippen molar-refractivity contribution < 1.29 is 18.1 Å². The zero-order chi connectivity index (χ0) is 20.5. The van der Waals surface area contributed by atoms with E-state index in [4.69, 9.17) is 0 Å². The molecule has 0 atom stereocenters. The molecule has 3 rings (SSSR count). The largest absolute Gasteiger partial charge is 0.416 e. The Bertz CT molecular complexity index is 1020. The second kappa shape index (κ2) is 7.38. The third-order valence-electron chi connectivity index (χ3n) is 3.71. The van der Waals surface area contributed by atoms with Crippen molar-refractivity contribution in [2.45, 2.75) is 20.0 Å². The van der Waals surface area contributed by atoms with Crippen LogP contribution in [-0.2, 0) is 6.18 Å². The minimum atomic E-state index is -4.54. The van der Waals surface area contributed by atoms with Crippen molar-refractivity contribution in [2.75, 3.05) is 10.6 Å². The third-order valence-corrected chi connectivity index (χ3v) is 4.70. The first-order valence-corrected chi connectivity index (χ1v) is 8.61. The van der Waals surface area contributed by atoms with Gasteiger partial charge in [-0.3, -0.25) is 10.1 Å². The van der Waals surface area contributed by atoms with Crippen LogP contribution in [0.1, 0.15) is 16.1 Å². The third kappa shape index (κ3) is 4.17. The molecule has 0 amide bonds. The normalized spacial score (nSPS) is 11.3. The summed E-state index contributed by atoms with van der Waals surface area (Å²) in [5.74, 6) is -0.366. The number of aryl methyl sites for hydroxylation is 2. The van der Waals surface area contributed by atoms with E-state index in [2.05, 4.69) is 25.6 Å². The number of thiazole rings is 1. The maximum absolute atomic E-state index is 12.9. The second-order valence-corrected chi connectivity index (χ2v) is 6.87. The number of nitrogens with zero attached hydrogens (tertiary/aromatic N) is 4. The Balaban J connectivity index is 1.97. The van der Waals surface area contributed by atoms with Crippen molar-refractivity contribution in [3.05, 3.63) is 56.8 Å². The van der Waals surface area contributed by atoms with Gasteiger partial charge in [0.05, 0.1) is 16.2 Å². The Morgan fingerprint density at radius 1 is 1.14 bits per heavy atom. The number of anilines is 4. The Morgan fingerprint density at radius 2 is 1.82 bits per heavy atom. The molecule has 8 nitrogen and oxygen atoms in total. The quantitative estimate of drug-likeness (QED) is 0.452. The molecule has 12 heteroatoms. The number of alkyl halides is 3. The summed E-state index contributed by atoms with van der Waals surface area (Å²) >= 11 is 1.29. The fraction of sp³-hybridized carbons (Fsp3) is 0.188. The molecule has 0 aliphatic rings. The van der Waals surface area contributed by atoms with Crippen molar-refractivity contribution in [1.29, 1.82) is 0 Å². The van der Waals surface area contributed by atoms with E-state index < -0.39 is 22.4 Å². The average Bonchev–Trinajstić information content (AvgIpc) is 2.91. The van der Waals surface area contributed by atoms with E-state index in [1.54, 1.807) is 6.92 Å². The zero-order valence-electron chi connectivity index (χ0n) is 14.5.